The van der Waals surface area contributed by atoms with Crippen molar-refractivity contribution in [1.82, 2.24) is 5.32 Å². The molecule has 1 nitrogen and oxygen atoms in total. The summed E-state index contributed by atoms with van der Waals surface area (Å²) in [5.41, 5.74) is 0. The molecule has 0 amide bonds. The average molecular weight is 303 g/mol. The molecule has 1 atom stereocenters. The maximum Gasteiger partial charge on any atom is 0.0609 e. The van der Waals surface area contributed by atoms with E-state index in [0.717, 1.165) is 6.54 Å². The van der Waals surface area contributed by atoms with Gasteiger partial charge in [-0.15, -0.1) is 0 Å². The van der Waals surface area contributed by atoms with Gasteiger partial charge in [0, 0.05) is 13.3 Å². The highest BCUT2D eigenvalue weighted by Gasteiger charge is 2.35. The highest BCUT2D eigenvalue weighted by Crippen LogP contribution is 2.61. The minimum absolute atomic E-state index is 0.663. The third kappa shape index (κ3) is 9.35. The fraction of sp³-hybridized carbons (Fsp3) is 1.00. The first kappa shape index (κ1) is 20.4. The molecule has 0 aromatic rings. The Kier molecular flexibility index (Phi) is 13.3. The summed E-state index contributed by atoms with van der Waals surface area (Å²) in [4.78, 5) is 0. The summed E-state index contributed by atoms with van der Waals surface area (Å²) in [5.74, 6) is 0. The molecule has 0 saturated heterocycles. The van der Waals surface area contributed by atoms with E-state index in [4.69, 9.17) is 0 Å². The SMILES string of the molecule is CCCC[P+](CCCC)(CCCC)CCC(C)NCC. The normalized spacial score (nSPS) is 13.7. The van der Waals surface area contributed by atoms with Crippen molar-refractivity contribution in [1.29, 1.82) is 0 Å². The van der Waals surface area contributed by atoms with Gasteiger partial charge in [-0.1, -0.05) is 47.0 Å². The van der Waals surface area contributed by atoms with Crippen LogP contribution in [0.15, 0.2) is 0 Å². The lowest BCUT2D eigenvalue weighted by Gasteiger charge is -2.29. The smallest absolute Gasteiger partial charge is 0.0609 e. The zero-order valence-corrected chi connectivity index (χ0v) is 15.9. The molecular formula is C18H41NP+. The largest absolute Gasteiger partial charge is 0.314 e. The zero-order chi connectivity index (χ0) is 15.3. The van der Waals surface area contributed by atoms with Crippen molar-refractivity contribution in [3.8, 4) is 0 Å². The Morgan fingerprint density at radius 3 is 1.55 bits per heavy atom. The molecule has 0 radical (unpaired) electrons. The summed E-state index contributed by atoms with van der Waals surface area (Å²) in [6, 6.07) is 0.712. The molecule has 0 rings (SSSR count). The van der Waals surface area contributed by atoms with Gasteiger partial charge in [-0.25, -0.2) is 0 Å². The first-order valence-corrected chi connectivity index (χ1v) is 11.8. The summed E-state index contributed by atoms with van der Waals surface area (Å²) in [7, 11) is -0.663. The van der Waals surface area contributed by atoms with E-state index in [1.54, 1.807) is 24.6 Å². The van der Waals surface area contributed by atoms with E-state index in [1.807, 2.05) is 0 Å². The number of hydrogen-bond donors (Lipinski definition) is 1. The standard InChI is InChI=1S/C18H41NP/c1-6-10-14-20(15-11-7-2,16-12-8-3)17-13-18(5)19-9-4/h18-19H,6-17H2,1-5H3/q+1. The van der Waals surface area contributed by atoms with Gasteiger partial charge < -0.3 is 5.32 Å². The summed E-state index contributed by atoms with van der Waals surface area (Å²) < 4.78 is 0. The van der Waals surface area contributed by atoms with Crippen molar-refractivity contribution < 1.29 is 0 Å². The third-order valence-electron chi connectivity index (χ3n) is 4.55. The molecule has 20 heavy (non-hydrogen) atoms. The molecule has 0 bridgehead atoms. The second kappa shape index (κ2) is 13.1. The lowest BCUT2D eigenvalue weighted by Crippen LogP contribution is -2.27. The molecular weight excluding hydrogens is 261 g/mol. The van der Waals surface area contributed by atoms with Gasteiger partial charge in [0.25, 0.3) is 0 Å². The number of hydrogen-bond acceptors (Lipinski definition) is 1. The molecule has 2 heteroatoms. The van der Waals surface area contributed by atoms with E-state index in [0.29, 0.717) is 6.04 Å². The molecule has 0 aliphatic carbocycles. The highest BCUT2D eigenvalue weighted by atomic mass is 31.2. The van der Waals surface area contributed by atoms with Crippen LogP contribution in [0.5, 0.6) is 0 Å². The summed E-state index contributed by atoms with van der Waals surface area (Å²) in [5, 5.41) is 3.60. The van der Waals surface area contributed by atoms with Crippen molar-refractivity contribution in [3.05, 3.63) is 0 Å². The summed E-state index contributed by atoms with van der Waals surface area (Å²) >= 11 is 0. The van der Waals surface area contributed by atoms with Crippen LogP contribution in [-0.2, 0) is 0 Å². The van der Waals surface area contributed by atoms with Crippen LogP contribution >= 0.6 is 7.26 Å². The monoisotopic (exact) mass is 302 g/mol. The lowest BCUT2D eigenvalue weighted by atomic mass is 10.2. The molecule has 0 aromatic heterocycles. The van der Waals surface area contributed by atoms with Gasteiger partial charge in [-0.05, 0) is 39.2 Å². The minimum atomic E-state index is -0.663. The van der Waals surface area contributed by atoms with E-state index in [-0.39, 0.29) is 0 Å². The fourth-order valence-corrected chi connectivity index (χ4v) is 8.31. The Morgan fingerprint density at radius 1 is 0.750 bits per heavy atom. The van der Waals surface area contributed by atoms with Crippen LogP contribution in [-0.4, -0.2) is 37.2 Å². The van der Waals surface area contributed by atoms with Gasteiger partial charge in [0.15, 0.2) is 0 Å². The van der Waals surface area contributed by atoms with Gasteiger partial charge in [0.05, 0.1) is 24.6 Å². The molecule has 0 fully saturated rings. The maximum absolute atomic E-state index is 3.60. The van der Waals surface area contributed by atoms with E-state index >= 15 is 0 Å². The molecule has 0 aromatic carbocycles. The molecule has 122 valence electrons. The second-order valence-electron chi connectivity index (χ2n) is 6.54. The minimum Gasteiger partial charge on any atom is -0.314 e. The van der Waals surface area contributed by atoms with Crippen LogP contribution < -0.4 is 5.32 Å². The first-order chi connectivity index (χ1) is 9.64. The molecule has 0 spiro atoms. The first-order valence-electron chi connectivity index (χ1n) is 9.22. The third-order valence-corrected chi connectivity index (χ3v) is 9.55. The molecule has 0 aliphatic rings. The van der Waals surface area contributed by atoms with Crippen molar-refractivity contribution in [2.45, 2.75) is 85.6 Å². The Hall–Kier alpha value is 0.390. The maximum atomic E-state index is 3.60. The zero-order valence-electron chi connectivity index (χ0n) is 15.0. The second-order valence-corrected chi connectivity index (χ2v) is 11.0. The lowest BCUT2D eigenvalue weighted by molar-refractivity contribution is 0.553. The van der Waals surface area contributed by atoms with Crippen LogP contribution in [0.2, 0.25) is 0 Å². The van der Waals surface area contributed by atoms with Crippen molar-refractivity contribution in [3.63, 3.8) is 0 Å². The fourth-order valence-electron chi connectivity index (χ4n) is 3.07. The Morgan fingerprint density at radius 2 is 1.20 bits per heavy atom. The van der Waals surface area contributed by atoms with Crippen molar-refractivity contribution >= 4 is 7.26 Å². The van der Waals surface area contributed by atoms with Gasteiger partial charge in [0.2, 0.25) is 0 Å². The Balaban J connectivity index is 4.56. The molecule has 0 saturated carbocycles. The van der Waals surface area contributed by atoms with Crippen molar-refractivity contribution in [2.24, 2.45) is 0 Å². The van der Waals surface area contributed by atoms with E-state index in [1.165, 1.54) is 44.9 Å². The van der Waals surface area contributed by atoms with Crippen molar-refractivity contribution in [2.75, 3.05) is 31.2 Å². The molecule has 1 N–H and O–H groups in total. The predicted molar refractivity (Wildman–Crippen MR) is 98.9 cm³/mol. The number of unbranched alkanes of at least 4 members (excludes halogenated alkanes) is 3. The van der Waals surface area contributed by atoms with Crippen LogP contribution in [0.4, 0.5) is 0 Å². The number of nitrogens with one attached hydrogen (secondary N) is 1. The summed E-state index contributed by atoms with van der Waals surface area (Å²) in [6.07, 6.45) is 16.2. The van der Waals surface area contributed by atoms with E-state index in [2.05, 4.69) is 39.9 Å². The highest BCUT2D eigenvalue weighted by molar-refractivity contribution is 7.75. The topological polar surface area (TPSA) is 12.0 Å². The molecule has 0 aliphatic heterocycles. The van der Waals surface area contributed by atoms with Crippen LogP contribution in [0.3, 0.4) is 0 Å². The predicted octanol–water partition coefficient (Wildman–Crippen LogP) is 5.79. The quantitative estimate of drug-likeness (QED) is 0.400. The van der Waals surface area contributed by atoms with Gasteiger partial charge in [-0.2, -0.15) is 0 Å². The van der Waals surface area contributed by atoms with E-state index in [9.17, 15) is 0 Å². The van der Waals surface area contributed by atoms with Gasteiger partial charge in [0.1, 0.15) is 0 Å². The van der Waals surface area contributed by atoms with Crippen LogP contribution in [0.1, 0.15) is 79.6 Å². The molecule has 0 heterocycles. The Bertz CT molecular complexity index is 184. The van der Waals surface area contributed by atoms with Crippen LogP contribution in [0, 0.1) is 0 Å². The van der Waals surface area contributed by atoms with E-state index < -0.39 is 7.26 Å². The molecule has 1 unspecified atom stereocenters. The average Bonchev–Trinajstić information content (AvgIpc) is 2.46. The Labute approximate surface area is 130 Å². The number of rotatable bonds is 14. The summed E-state index contributed by atoms with van der Waals surface area (Å²) in [6.45, 7) is 12.8. The van der Waals surface area contributed by atoms with Gasteiger partial charge >= 0.3 is 0 Å². The van der Waals surface area contributed by atoms with Crippen LogP contribution in [0.25, 0.3) is 0 Å². The van der Waals surface area contributed by atoms with Gasteiger partial charge in [-0.3, -0.25) is 0 Å².